The van der Waals surface area contributed by atoms with Crippen LogP contribution < -0.4 is 5.73 Å². The second-order valence-corrected chi connectivity index (χ2v) is 5.76. The zero-order valence-corrected chi connectivity index (χ0v) is 9.97. The van der Waals surface area contributed by atoms with Crippen LogP contribution in [0.1, 0.15) is 25.7 Å². The first-order valence-electron chi connectivity index (χ1n) is 5.86. The molecule has 2 fully saturated rings. The van der Waals surface area contributed by atoms with Gasteiger partial charge in [0, 0.05) is 24.7 Å². The van der Waals surface area contributed by atoms with Crippen molar-refractivity contribution < 1.29 is 9.84 Å². The standard InChI is InChI=1S/C11H21NO2S/c12-7-11(13,9-3-4-9)8-15-6-10-2-1-5-14-10/h9-10,13H,1-8,12H2. The van der Waals surface area contributed by atoms with E-state index in [2.05, 4.69) is 0 Å². The first-order valence-corrected chi connectivity index (χ1v) is 7.02. The zero-order chi connectivity index (χ0) is 10.7. The molecule has 1 heterocycles. The van der Waals surface area contributed by atoms with Crippen molar-refractivity contribution in [3.63, 3.8) is 0 Å². The lowest BCUT2D eigenvalue weighted by Gasteiger charge is -2.26. The molecular weight excluding hydrogens is 210 g/mol. The molecule has 2 unspecified atom stereocenters. The number of nitrogens with two attached hydrogens (primary N) is 1. The average Bonchev–Trinajstić information content (AvgIpc) is 2.98. The summed E-state index contributed by atoms with van der Waals surface area (Å²) in [5, 5.41) is 10.2. The Balaban J connectivity index is 1.66. The molecule has 1 aliphatic heterocycles. The molecule has 0 aromatic carbocycles. The van der Waals surface area contributed by atoms with Gasteiger partial charge >= 0.3 is 0 Å². The molecule has 0 aromatic heterocycles. The van der Waals surface area contributed by atoms with Gasteiger partial charge in [-0.25, -0.2) is 0 Å². The highest BCUT2D eigenvalue weighted by molar-refractivity contribution is 7.99. The number of rotatable bonds is 6. The SMILES string of the molecule is NCC(O)(CSCC1CCCO1)C1CC1. The second kappa shape index (κ2) is 5.04. The lowest BCUT2D eigenvalue weighted by atomic mass is 10.0. The van der Waals surface area contributed by atoms with Gasteiger partial charge in [0.05, 0.1) is 11.7 Å². The number of ether oxygens (including phenoxy) is 1. The van der Waals surface area contributed by atoms with Crippen molar-refractivity contribution in [1.82, 2.24) is 0 Å². The van der Waals surface area contributed by atoms with Crippen molar-refractivity contribution in [2.75, 3.05) is 24.7 Å². The van der Waals surface area contributed by atoms with E-state index in [0.717, 1.165) is 31.0 Å². The summed E-state index contributed by atoms with van der Waals surface area (Å²) in [4.78, 5) is 0. The first kappa shape index (κ1) is 11.7. The summed E-state index contributed by atoms with van der Waals surface area (Å²) in [5.74, 6) is 2.24. The lowest BCUT2D eigenvalue weighted by Crippen LogP contribution is -2.42. The Morgan fingerprint density at radius 1 is 1.40 bits per heavy atom. The van der Waals surface area contributed by atoms with Crippen LogP contribution in [0, 0.1) is 5.92 Å². The fraction of sp³-hybridized carbons (Fsp3) is 1.00. The van der Waals surface area contributed by atoms with Crippen LogP contribution in [-0.2, 0) is 4.74 Å². The van der Waals surface area contributed by atoms with E-state index in [1.54, 1.807) is 11.8 Å². The Morgan fingerprint density at radius 3 is 2.73 bits per heavy atom. The van der Waals surface area contributed by atoms with E-state index in [1.807, 2.05) is 0 Å². The minimum Gasteiger partial charge on any atom is -0.387 e. The Hall–Kier alpha value is 0.230. The maximum atomic E-state index is 10.2. The van der Waals surface area contributed by atoms with Crippen molar-refractivity contribution in [2.24, 2.45) is 11.7 Å². The quantitative estimate of drug-likeness (QED) is 0.716. The van der Waals surface area contributed by atoms with E-state index in [-0.39, 0.29) is 0 Å². The van der Waals surface area contributed by atoms with Crippen LogP contribution in [0.5, 0.6) is 0 Å². The molecule has 0 bridgehead atoms. The van der Waals surface area contributed by atoms with Crippen LogP contribution in [0.3, 0.4) is 0 Å². The molecule has 0 aromatic rings. The van der Waals surface area contributed by atoms with Gasteiger partial charge in [-0.2, -0.15) is 11.8 Å². The van der Waals surface area contributed by atoms with E-state index < -0.39 is 5.60 Å². The number of hydrogen-bond donors (Lipinski definition) is 2. The van der Waals surface area contributed by atoms with Crippen LogP contribution in [0.25, 0.3) is 0 Å². The summed E-state index contributed by atoms with van der Waals surface area (Å²) >= 11 is 1.80. The number of hydrogen-bond acceptors (Lipinski definition) is 4. The maximum Gasteiger partial charge on any atom is 0.0887 e. The zero-order valence-electron chi connectivity index (χ0n) is 9.15. The van der Waals surface area contributed by atoms with Gasteiger partial charge < -0.3 is 15.6 Å². The van der Waals surface area contributed by atoms with E-state index in [4.69, 9.17) is 10.5 Å². The van der Waals surface area contributed by atoms with Gasteiger partial charge in [0.25, 0.3) is 0 Å². The van der Waals surface area contributed by atoms with Crippen molar-refractivity contribution in [3.05, 3.63) is 0 Å². The predicted molar refractivity (Wildman–Crippen MR) is 63.0 cm³/mol. The molecule has 1 aliphatic carbocycles. The summed E-state index contributed by atoms with van der Waals surface area (Å²) in [6.45, 7) is 1.31. The van der Waals surface area contributed by atoms with Crippen molar-refractivity contribution in [1.29, 1.82) is 0 Å². The Kier molecular flexibility index (Phi) is 3.93. The molecule has 2 aliphatic rings. The smallest absolute Gasteiger partial charge is 0.0887 e. The number of aliphatic hydroxyl groups is 1. The highest BCUT2D eigenvalue weighted by Gasteiger charge is 2.42. The summed E-state index contributed by atoms with van der Waals surface area (Å²) in [6.07, 6.45) is 5.07. The molecule has 4 heteroatoms. The Morgan fingerprint density at radius 2 is 2.20 bits per heavy atom. The monoisotopic (exact) mass is 231 g/mol. The Bertz CT molecular complexity index is 205. The normalized spacial score (nSPS) is 30.4. The third kappa shape index (κ3) is 3.09. The molecule has 0 amide bonds. The van der Waals surface area contributed by atoms with Gasteiger partial charge in [-0.15, -0.1) is 0 Å². The topological polar surface area (TPSA) is 55.5 Å². The highest BCUT2D eigenvalue weighted by Crippen LogP contribution is 2.41. The van der Waals surface area contributed by atoms with E-state index >= 15 is 0 Å². The van der Waals surface area contributed by atoms with Crippen molar-refractivity contribution in [2.45, 2.75) is 37.4 Å². The molecule has 88 valence electrons. The second-order valence-electron chi connectivity index (χ2n) is 4.73. The van der Waals surface area contributed by atoms with Crippen LogP contribution in [0.15, 0.2) is 0 Å². The first-order chi connectivity index (χ1) is 7.24. The maximum absolute atomic E-state index is 10.2. The van der Waals surface area contributed by atoms with E-state index in [0.29, 0.717) is 18.6 Å². The van der Waals surface area contributed by atoms with Gasteiger partial charge in [-0.3, -0.25) is 0 Å². The minimum absolute atomic E-state index is 0.399. The molecule has 1 saturated heterocycles. The molecule has 3 nitrogen and oxygen atoms in total. The molecule has 2 atom stereocenters. The molecule has 15 heavy (non-hydrogen) atoms. The molecule has 0 spiro atoms. The minimum atomic E-state index is -0.608. The van der Waals surface area contributed by atoms with E-state index in [1.165, 1.54) is 12.8 Å². The molecule has 1 saturated carbocycles. The van der Waals surface area contributed by atoms with Crippen LogP contribution in [0.4, 0.5) is 0 Å². The summed E-state index contributed by atoms with van der Waals surface area (Å²) in [6, 6.07) is 0. The van der Waals surface area contributed by atoms with Crippen LogP contribution >= 0.6 is 11.8 Å². The predicted octanol–water partition coefficient (Wildman–Crippen LogP) is 0.998. The largest absolute Gasteiger partial charge is 0.387 e. The van der Waals surface area contributed by atoms with E-state index in [9.17, 15) is 5.11 Å². The third-order valence-electron chi connectivity index (χ3n) is 3.37. The fourth-order valence-corrected chi connectivity index (χ4v) is 3.46. The average molecular weight is 231 g/mol. The van der Waals surface area contributed by atoms with Crippen LogP contribution in [-0.4, -0.2) is 41.5 Å². The van der Waals surface area contributed by atoms with Gasteiger partial charge in [-0.1, -0.05) is 0 Å². The van der Waals surface area contributed by atoms with Gasteiger partial charge in [0.1, 0.15) is 0 Å². The molecule has 2 rings (SSSR count). The summed E-state index contributed by atoms with van der Waals surface area (Å²) < 4.78 is 5.54. The van der Waals surface area contributed by atoms with Gasteiger partial charge in [0.15, 0.2) is 0 Å². The van der Waals surface area contributed by atoms with Gasteiger partial charge in [0.2, 0.25) is 0 Å². The fourth-order valence-electron chi connectivity index (χ4n) is 2.11. The molecule has 0 radical (unpaired) electrons. The summed E-state index contributed by atoms with van der Waals surface area (Å²) in [7, 11) is 0. The molecule has 3 N–H and O–H groups in total. The highest BCUT2D eigenvalue weighted by atomic mass is 32.2. The Labute approximate surface area is 95.7 Å². The molecular formula is C11H21NO2S. The summed E-state index contributed by atoms with van der Waals surface area (Å²) in [5.41, 5.74) is 5.04. The van der Waals surface area contributed by atoms with Crippen molar-refractivity contribution in [3.8, 4) is 0 Å². The van der Waals surface area contributed by atoms with Crippen molar-refractivity contribution >= 4 is 11.8 Å². The van der Waals surface area contributed by atoms with Gasteiger partial charge in [-0.05, 0) is 31.6 Å². The third-order valence-corrected chi connectivity index (χ3v) is 4.68. The van der Waals surface area contributed by atoms with Crippen LogP contribution in [0.2, 0.25) is 0 Å². The number of thioether (sulfide) groups is 1. The lowest BCUT2D eigenvalue weighted by molar-refractivity contribution is 0.0508.